The molecule has 0 saturated heterocycles. The van der Waals surface area contributed by atoms with E-state index in [0.29, 0.717) is 17.5 Å². The van der Waals surface area contributed by atoms with Gasteiger partial charge in [-0.15, -0.1) is 0 Å². The first-order valence-electron chi connectivity index (χ1n) is 8.91. The summed E-state index contributed by atoms with van der Waals surface area (Å²) in [6, 6.07) is 6.36. The van der Waals surface area contributed by atoms with Gasteiger partial charge in [0, 0.05) is 12.1 Å². The summed E-state index contributed by atoms with van der Waals surface area (Å²) in [5.74, 6) is 0.0697. The maximum Gasteiger partial charge on any atom is 0.261 e. The molecule has 0 radical (unpaired) electrons. The van der Waals surface area contributed by atoms with Crippen LogP contribution in [0.4, 0.5) is 0 Å². The van der Waals surface area contributed by atoms with E-state index in [2.05, 4.69) is 9.88 Å². The van der Waals surface area contributed by atoms with Gasteiger partial charge in [-0.2, -0.15) is 0 Å². The van der Waals surface area contributed by atoms with Crippen LogP contribution in [0.15, 0.2) is 29.3 Å². The number of amides is 1. The molecule has 5 heteroatoms. The highest BCUT2D eigenvalue weighted by atomic mass is 16.2. The fourth-order valence-corrected chi connectivity index (χ4v) is 3.92. The molecule has 1 heterocycles. The summed E-state index contributed by atoms with van der Waals surface area (Å²) in [5.41, 5.74) is 1.58. The van der Waals surface area contributed by atoms with Crippen LogP contribution in [0.1, 0.15) is 44.1 Å². The van der Waals surface area contributed by atoms with Crippen molar-refractivity contribution in [1.29, 1.82) is 0 Å². The smallest absolute Gasteiger partial charge is 0.261 e. The van der Waals surface area contributed by atoms with Gasteiger partial charge in [0.15, 0.2) is 0 Å². The van der Waals surface area contributed by atoms with Gasteiger partial charge in [0.05, 0.1) is 17.2 Å². The molecular weight excluding hydrogens is 302 g/mol. The van der Waals surface area contributed by atoms with Gasteiger partial charge >= 0.3 is 0 Å². The van der Waals surface area contributed by atoms with Crippen LogP contribution in [0.5, 0.6) is 0 Å². The van der Waals surface area contributed by atoms with Crippen molar-refractivity contribution in [3.8, 4) is 0 Å². The zero-order chi connectivity index (χ0) is 16.7. The summed E-state index contributed by atoms with van der Waals surface area (Å²) in [7, 11) is 0. The van der Waals surface area contributed by atoms with Crippen LogP contribution in [0.25, 0.3) is 10.9 Å². The van der Waals surface area contributed by atoms with Crippen molar-refractivity contribution in [2.75, 3.05) is 0 Å². The summed E-state index contributed by atoms with van der Waals surface area (Å²) >= 11 is 0. The molecule has 0 atom stereocenters. The van der Waals surface area contributed by atoms with Gasteiger partial charge in [0.2, 0.25) is 5.91 Å². The molecule has 2 saturated carbocycles. The molecule has 1 aromatic heterocycles. The summed E-state index contributed by atoms with van der Waals surface area (Å²) in [4.78, 5) is 32.0. The monoisotopic (exact) mass is 325 g/mol. The average molecular weight is 325 g/mol. The SMILES string of the molecule is Cc1cccc2c(=O)n(CC(=O)N(C3CCCC3)C3CC3)cnc12. The second-order valence-electron chi connectivity index (χ2n) is 7.12. The lowest BCUT2D eigenvalue weighted by atomic mass is 10.1. The van der Waals surface area contributed by atoms with Crippen molar-refractivity contribution in [1.82, 2.24) is 14.5 Å². The van der Waals surface area contributed by atoms with E-state index in [0.717, 1.165) is 36.8 Å². The standard InChI is InChI=1S/C19H23N3O2/c1-13-5-4-8-16-18(13)20-12-21(19(16)24)11-17(23)22(15-9-10-15)14-6-2-3-7-14/h4-5,8,12,14-15H,2-3,6-7,9-11H2,1H3. The summed E-state index contributed by atoms with van der Waals surface area (Å²) in [5, 5.41) is 0.587. The van der Waals surface area contributed by atoms with Crippen LogP contribution in [-0.4, -0.2) is 32.4 Å². The van der Waals surface area contributed by atoms with E-state index in [1.54, 1.807) is 6.07 Å². The van der Waals surface area contributed by atoms with Gasteiger partial charge in [-0.25, -0.2) is 4.98 Å². The van der Waals surface area contributed by atoms with Crippen LogP contribution in [0.3, 0.4) is 0 Å². The zero-order valence-corrected chi connectivity index (χ0v) is 14.1. The molecule has 0 aliphatic heterocycles. The minimum Gasteiger partial charge on any atom is -0.335 e. The topological polar surface area (TPSA) is 55.2 Å². The Morgan fingerprint density at radius 1 is 1.21 bits per heavy atom. The van der Waals surface area contributed by atoms with Crippen molar-refractivity contribution < 1.29 is 4.79 Å². The average Bonchev–Trinajstić information content (AvgIpc) is 3.25. The lowest BCUT2D eigenvalue weighted by molar-refractivity contribution is -0.134. The number of hydrogen-bond donors (Lipinski definition) is 0. The highest BCUT2D eigenvalue weighted by molar-refractivity contribution is 5.81. The van der Waals surface area contributed by atoms with Gasteiger partial charge in [0.25, 0.3) is 5.56 Å². The number of aromatic nitrogens is 2. The van der Waals surface area contributed by atoms with Crippen LogP contribution < -0.4 is 5.56 Å². The van der Waals surface area contributed by atoms with Crippen LogP contribution in [0.2, 0.25) is 0 Å². The molecule has 0 N–H and O–H groups in total. The van der Waals surface area contributed by atoms with E-state index in [1.807, 2.05) is 19.1 Å². The molecular formula is C19H23N3O2. The Hall–Kier alpha value is -2.17. The lowest BCUT2D eigenvalue weighted by Crippen LogP contribution is -2.43. The fraction of sp³-hybridized carbons (Fsp3) is 0.526. The van der Waals surface area contributed by atoms with Crippen LogP contribution in [-0.2, 0) is 11.3 Å². The minimum atomic E-state index is -0.126. The predicted octanol–water partition coefficient (Wildman–Crippen LogP) is 2.64. The molecule has 2 aliphatic rings. The number of hydrogen-bond acceptors (Lipinski definition) is 3. The molecule has 1 aromatic carbocycles. The molecule has 4 rings (SSSR count). The fourth-order valence-electron chi connectivity index (χ4n) is 3.92. The summed E-state index contributed by atoms with van der Waals surface area (Å²) in [6.45, 7) is 2.04. The Bertz CT molecular complexity index is 832. The van der Waals surface area contributed by atoms with Crippen molar-refractivity contribution in [3.63, 3.8) is 0 Å². The minimum absolute atomic E-state index is 0.0697. The van der Waals surface area contributed by atoms with Gasteiger partial charge < -0.3 is 4.90 Å². The number of aryl methyl sites for hydroxylation is 1. The Balaban J connectivity index is 1.62. The lowest BCUT2D eigenvalue weighted by Gasteiger charge is -2.29. The molecule has 0 unspecified atom stereocenters. The van der Waals surface area contributed by atoms with Crippen molar-refractivity contribution >= 4 is 16.8 Å². The maximum absolute atomic E-state index is 12.9. The van der Waals surface area contributed by atoms with E-state index in [4.69, 9.17) is 0 Å². The highest BCUT2D eigenvalue weighted by Gasteiger charge is 2.38. The Labute approximate surface area is 141 Å². The first-order chi connectivity index (χ1) is 11.6. The molecule has 24 heavy (non-hydrogen) atoms. The summed E-state index contributed by atoms with van der Waals surface area (Å²) < 4.78 is 1.47. The molecule has 5 nitrogen and oxygen atoms in total. The third-order valence-corrected chi connectivity index (χ3v) is 5.31. The van der Waals surface area contributed by atoms with Crippen molar-refractivity contribution in [3.05, 3.63) is 40.4 Å². The number of para-hydroxylation sites is 1. The van der Waals surface area contributed by atoms with Crippen LogP contribution in [0, 0.1) is 6.92 Å². The van der Waals surface area contributed by atoms with Crippen LogP contribution >= 0.6 is 0 Å². The summed E-state index contributed by atoms with van der Waals surface area (Å²) in [6.07, 6.45) is 8.35. The van der Waals surface area contributed by atoms with Gasteiger partial charge in [-0.3, -0.25) is 14.2 Å². The Morgan fingerprint density at radius 3 is 2.62 bits per heavy atom. The number of rotatable bonds is 4. The highest BCUT2D eigenvalue weighted by Crippen LogP contribution is 2.34. The molecule has 2 aliphatic carbocycles. The predicted molar refractivity (Wildman–Crippen MR) is 92.9 cm³/mol. The first-order valence-corrected chi connectivity index (χ1v) is 8.91. The second-order valence-corrected chi connectivity index (χ2v) is 7.12. The Morgan fingerprint density at radius 2 is 1.92 bits per heavy atom. The van der Waals surface area contributed by atoms with E-state index < -0.39 is 0 Å². The van der Waals surface area contributed by atoms with Crippen molar-refractivity contribution in [2.45, 2.75) is 64.1 Å². The third kappa shape index (κ3) is 2.72. The van der Waals surface area contributed by atoms with E-state index in [-0.39, 0.29) is 18.0 Å². The number of nitrogens with zero attached hydrogens (tertiary/aromatic N) is 3. The molecule has 0 bridgehead atoms. The van der Waals surface area contributed by atoms with Gasteiger partial charge in [-0.1, -0.05) is 25.0 Å². The van der Waals surface area contributed by atoms with Gasteiger partial charge in [0.1, 0.15) is 6.54 Å². The maximum atomic E-state index is 12.9. The van der Waals surface area contributed by atoms with E-state index >= 15 is 0 Å². The Kier molecular flexibility index (Phi) is 3.87. The molecule has 0 spiro atoms. The second kappa shape index (κ2) is 6.04. The quantitative estimate of drug-likeness (QED) is 0.868. The third-order valence-electron chi connectivity index (χ3n) is 5.31. The van der Waals surface area contributed by atoms with E-state index in [1.165, 1.54) is 23.7 Å². The zero-order valence-electron chi connectivity index (χ0n) is 14.1. The number of fused-ring (bicyclic) bond motifs is 1. The van der Waals surface area contributed by atoms with Crippen molar-refractivity contribution in [2.24, 2.45) is 0 Å². The first kappa shape index (κ1) is 15.4. The normalized spacial score (nSPS) is 18.2. The number of carbonyl (C=O) groups is 1. The molecule has 2 aromatic rings. The number of benzene rings is 1. The molecule has 2 fully saturated rings. The largest absolute Gasteiger partial charge is 0.335 e. The van der Waals surface area contributed by atoms with Gasteiger partial charge in [-0.05, 0) is 44.2 Å². The molecule has 126 valence electrons. The van der Waals surface area contributed by atoms with E-state index in [9.17, 15) is 9.59 Å². The molecule has 1 amide bonds. The number of carbonyl (C=O) groups excluding carboxylic acids is 1.